The Balaban J connectivity index is 1.62. The zero-order chi connectivity index (χ0) is 22.5. The first-order valence-electron chi connectivity index (χ1n) is 9.80. The Kier molecular flexibility index (Phi) is 6.23. The molecule has 0 atom stereocenters. The Labute approximate surface area is 188 Å². The SMILES string of the molecule is O=C(NCCc1ccccn1)c1cc(-c2ccc([N+](=O)[O-])cc2)nn1-c1ccc(Cl)cc1. The number of nitro benzene ring substituents is 1. The largest absolute Gasteiger partial charge is 0.350 e. The van der Waals surface area contributed by atoms with Gasteiger partial charge in [-0.3, -0.25) is 19.9 Å². The highest BCUT2D eigenvalue weighted by molar-refractivity contribution is 6.30. The van der Waals surface area contributed by atoms with Crippen LogP contribution in [0.1, 0.15) is 16.2 Å². The molecule has 0 fully saturated rings. The summed E-state index contributed by atoms with van der Waals surface area (Å²) < 4.78 is 1.53. The quantitative estimate of drug-likeness (QED) is 0.332. The number of carbonyl (C=O) groups excluding carboxylic acids is 1. The average molecular weight is 448 g/mol. The summed E-state index contributed by atoms with van der Waals surface area (Å²) in [5.74, 6) is -0.295. The number of aromatic nitrogens is 3. The Hall–Kier alpha value is -4.04. The van der Waals surface area contributed by atoms with Gasteiger partial charge >= 0.3 is 0 Å². The number of nitro groups is 1. The lowest BCUT2D eigenvalue weighted by molar-refractivity contribution is -0.384. The van der Waals surface area contributed by atoms with Gasteiger partial charge in [0.15, 0.2) is 0 Å². The number of halogens is 1. The number of nitrogens with one attached hydrogen (secondary N) is 1. The molecule has 4 aromatic rings. The second-order valence-electron chi connectivity index (χ2n) is 6.93. The summed E-state index contributed by atoms with van der Waals surface area (Å²) in [7, 11) is 0. The maximum Gasteiger partial charge on any atom is 0.270 e. The van der Waals surface area contributed by atoms with Crippen LogP contribution in [0.5, 0.6) is 0 Å². The fourth-order valence-corrected chi connectivity index (χ4v) is 3.28. The van der Waals surface area contributed by atoms with E-state index in [0.717, 1.165) is 5.69 Å². The minimum absolute atomic E-state index is 0.0154. The van der Waals surface area contributed by atoms with E-state index in [2.05, 4.69) is 15.4 Å². The van der Waals surface area contributed by atoms with Crippen LogP contribution in [-0.4, -0.2) is 32.1 Å². The van der Waals surface area contributed by atoms with Gasteiger partial charge < -0.3 is 5.32 Å². The Bertz CT molecular complexity index is 1240. The molecule has 0 aliphatic carbocycles. The average Bonchev–Trinajstić information content (AvgIpc) is 3.26. The van der Waals surface area contributed by atoms with Crippen molar-refractivity contribution in [3.05, 3.63) is 106 Å². The van der Waals surface area contributed by atoms with E-state index in [9.17, 15) is 14.9 Å². The van der Waals surface area contributed by atoms with Crippen LogP contribution < -0.4 is 5.32 Å². The molecule has 0 saturated heterocycles. The topological polar surface area (TPSA) is 103 Å². The highest BCUT2D eigenvalue weighted by atomic mass is 35.5. The molecule has 1 amide bonds. The fourth-order valence-electron chi connectivity index (χ4n) is 3.16. The lowest BCUT2D eigenvalue weighted by Crippen LogP contribution is -2.28. The minimum atomic E-state index is -0.462. The van der Waals surface area contributed by atoms with Crippen molar-refractivity contribution >= 4 is 23.2 Å². The maximum absolute atomic E-state index is 13.0. The first-order valence-corrected chi connectivity index (χ1v) is 10.2. The van der Waals surface area contributed by atoms with Crippen molar-refractivity contribution in [3.63, 3.8) is 0 Å². The molecule has 160 valence electrons. The molecule has 8 nitrogen and oxygen atoms in total. The van der Waals surface area contributed by atoms with Gasteiger partial charge in [-0.25, -0.2) is 4.68 Å². The van der Waals surface area contributed by atoms with Gasteiger partial charge in [0.1, 0.15) is 5.69 Å². The van der Waals surface area contributed by atoms with E-state index in [1.807, 2.05) is 18.2 Å². The normalized spacial score (nSPS) is 10.7. The molecular weight excluding hydrogens is 430 g/mol. The predicted molar refractivity (Wildman–Crippen MR) is 121 cm³/mol. The summed E-state index contributed by atoms with van der Waals surface area (Å²) in [5.41, 5.74) is 3.04. The molecular formula is C23H18ClN5O3. The van der Waals surface area contributed by atoms with Crippen LogP contribution in [-0.2, 0) is 6.42 Å². The number of carbonyl (C=O) groups is 1. The van der Waals surface area contributed by atoms with Crippen LogP contribution in [0.3, 0.4) is 0 Å². The highest BCUT2D eigenvalue weighted by Crippen LogP contribution is 2.24. The van der Waals surface area contributed by atoms with E-state index in [4.69, 9.17) is 11.6 Å². The fraction of sp³-hybridized carbons (Fsp3) is 0.0870. The first-order chi connectivity index (χ1) is 15.5. The Morgan fingerprint density at radius 1 is 1.06 bits per heavy atom. The minimum Gasteiger partial charge on any atom is -0.350 e. The number of hydrogen-bond acceptors (Lipinski definition) is 5. The molecule has 0 unspecified atom stereocenters. The van der Waals surface area contributed by atoms with E-state index in [-0.39, 0.29) is 11.6 Å². The second kappa shape index (κ2) is 9.40. The van der Waals surface area contributed by atoms with Crippen LogP contribution in [0.25, 0.3) is 16.9 Å². The monoisotopic (exact) mass is 447 g/mol. The summed E-state index contributed by atoms with van der Waals surface area (Å²) >= 11 is 6.00. The van der Waals surface area contributed by atoms with Crippen molar-refractivity contribution in [2.75, 3.05) is 6.54 Å². The van der Waals surface area contributed by atoms with Gasteiger partial charge in [-0.2, -0.15) is 5.10 Å². The van der Waals surface area contributed by atoms with Crippen molar-refractivity contribution in [2.45, 2.75) is 6.42 Å². The molecule has 4 rings (SSSR count). The number of rotatable bonds is 7. The smallest absolute Gasteiger partial charge is 0.270 e. The van der Waals surface area contributed by atoms with E-state index < -0.39 is 4.92 Å². The molecule has 2 aromatic heterocycles. The van der Waals surface area contributed by atoms with Crippen molar-refractivity contribution in [1.82, 2.24) is 20.1 Å². The van der Waals surface area contributed by atoms with Gasteiger partial charge in [-0.05, 0) is 54.6 Å². The van der Waals surface area contributed by atoms with E-state index >= 15 is 0 Å². The van der Waals surface area contributed by atoms with Crippen LogP contribution in [0, 0.1) is 10.1 Å². The van der Waals surface area contributed by atoms with Crippen molar-refractivity contribution < 1.29 is 9.72 Å². The molecule has 0 bridgehead atoms. The van der Waals surface area contributed by atoms with Gasteiger partial charge in [-0.15, -0.1) is 0 Å². The van der Waals surface area contributed by atoms with Crippen molar-refractivity contribution in [2.24, 2.45) is 0 Å². The molecule has 2 aromatic carbocycles. The highest BCUT2D eigenvalue weighted by Gasteiger charge is 2.18. The van der Waals surface area contributed by atoms with Gasteiger partial charge in [0.25, 0.3) is 11.6 Å². The molecule has 0 aliphatic heterocycles. The van der Waals surface area contributed by atoms with Crippen molar-refractivity contribution in [1.29, 1.82) is 0 Å². The summed E-state index contributed by atoms with van der Waals surface area (Å²) in [4.78, 5) is 27.7. The number of benzene rings is 2. The van der Waals surface area contributed by atoms with E-state index in [1.165, 1.54) is 16.8 Å². The Morgan fingerprint density at radius 3 is 2.47 bits per heavy atom. The standard InChI is InChI=1S/C23H18ClN5O3/c24-17-6-10-19(11-7-17)28-22(23(30)26-14-12-18-3-1-2-13-25-18)15-21(27-28)16-4-8-20(9-5-16)29(31)32/h1-11,13,15H,12,14H2,(H,26,30). The molecule has 2 heterocycles. The summed E-state index contributed by atoms with van der Waals surface area (Å²) in [5, 5.41) is 19.0. The number of non-ortho nitro benzene ring substituents is 1. The van der Waals surface area contributed by atoms with E-state index in [0.29, 0.717) is 40.6 Å². The van der Waals surface area contributed by atoms with E-state index in [1.54, 1.807) is 48.7 Å². The third kappa shape index (κ3) is 4.81. The van der Waals surface area contributed by atoms with Gasteiger partial charge in [0, 0.05) is 47.6 Å². The van der Waals surface area contributed by atoms with Crippen LogP contribution in [0.15, 0.2) is 79.0 Å². The lowest BCUT2D eigenvalue weighted by Gasteiger charge is -2.08. The van der Waals surface area contributed by atoms with Gasteiger partial charge in [0.2, 0.25) is 0 Å². The molecule has 0 radical (unpaired) electrons. The van der Waals surface area contributed by atoms with Crippen molar-refractivity contribution in [3.8, 4) is 16.9 Å². The van der Waals surface area contributed by atoms with Gasteiger partial charge in [0.05, 0.1) is 16.3 Å². The number of pyridine rings is 1. The maximum atomic E-state index is 13.0. The third-order valence-electron chi connectivity index (χ3n) is 4.78. The number of amides is 1. The molecule has 0 aliphatic rings. The summed E-state index contributed by atoms with van der Waals surface area (Å²) in [6.45, 7) is 0.411. The van der Waals surface area contributed by atoms with Gasteiger partial charge in [-0.1, -0.05) is 17.7 Å². The number of nitrogens with zero attached hydrogens (tertiary/aromatic N) is 4. The van der Waals surface area contributed by atoms with Crippen LogP contribution in [0.2, 0.25) is 5.02 Å². The first kappa shape index (κ1) is 21.2. The molecule has 1 N–H and O–H groups in total. The zero-order valence-electron chi connectivity index (χ0n) is 16.8. The summed E-state index contributed by atoms with van der Waals surface area (Å²) in [6.07, 6.45) is 2.31. The predicted octanol–water partition coefficient (Wildman–Crippen LogP) is 4.47. The lowest BCUT2D eigenvalue weighted by atomic mass is 10.1. The summed E-state index contributed by atoms with van der Waals surface area (Å²) in [6, 6.07) is 20.3. The molecule has 0 spiro atoms. The third-order valence-corrected chi connectivity index (χ3v) is 5.03. The molecule has 9 heteroatoms. The zero-order valence-corrected chi connectivity index (χ0v) is 17.6. The second-order valence-corrected chi connectivity index (χ2v) is 7.37. The molecule has 0 saturated carbocycles. The molecule has 32 heavy (non-hydrogen) atoms. The van der Waals surface area contributed by atoms with Crippen LogP contribution >= 0.6 is 11.6 Å². The van der Waals surface area contributed by atoms with Crippen LogP contribution in [0.4, 0.5) is 5.69 Å². The number of hydrogen-bond donors (Lipinski definition) is 1. The Morgan fingerprint density at radius 2 is 1.81 bits per heavy atom.